The van der Waals surface area contributed by atoms with E-state index in [0.717, 1.165) is 5.56 Å². The van der Waals surface area contributed by atoms with Crippen LogP contribution in [0.4, 0.5) is 5.69 Å². The van der Waals surface area contributed by atoms with Crippen LogP contribution in [0.2, 0.25) is 5.02 Å². The average Bonchev–Trinajstić information content (AvgIpc) is 2.82. The zero-order valence-corrected chi connectivity index (χ0v) is 19.1. The molecule has 10 heteroatoms. The minimum Gasteiger partial charge on any atom is -0.497 e. The Balaban J connectivity index is 1.53. The molecule has 0 amide bonds. The van der Waals surface area contributed by atoms with Crippen LogP contribution in [0.15, 0.2) is 65.6 Å². The lowest BCUT2D eigenvalue weighted by molar-refractivity contribution is -0.0180. The van der Waals surface area contributed by atoms with Crippen molar-refractivity contribution in [1.29, 1.82) is 0 Å². The first-order valence-corrected chi connectivity index (χ1v) is 11.7. The maximum absolute atomic E-state index is 12.8. The summed E-state index contributed by atoms with van der Waals surface area (Å²) < 4.78 is 49.4. The second kappa shape index (κ2) is 9.70. The predicted molar refractivity (Wildman–Crippen MR) is 121 cm³/mol. The predicted octanol–water partition coefficient (Wildman–Crippen LogP) is 4.37. The number of nitrogens with one attached hydrogen (secondary N) is 1. The molecule has 4 rings (SSSR count). The molecule has 0 radical (unpaired) electrons. The van der Waals surface area contributed by atoms with Crippen LogP contribution in [0, 0.1) is 0 Å². The van der Waals surface area contributed by atoms with E-state index in [2.05, 4.69) is 4.72 Å². The van der Waals surface area contributed by atoms with Gasteiger partial charge in [0.15, 0.2) is 6.79 Å². The average molecular weight is 490 g/mol. The van der Waals surface area contributed by atoms with Gasteiger partial charge >= 0.3 is 5.97 Å². The van der Waals surface area contributed by atoms with E-state index in [1.807, 2.05) is 0 Å². The summed E-state index contributed by atoms with van der Waals surface area (Å²) in [7, 11) is -2.45. The number of rotatable bonds is 7. The summed E-state index contributed by atoms with van der Waals surface area (Å²) in [6.45, 7) is 0.319. The maximum atomic E-state index is 12.8. The molecule has 0 spiro atoms. The monoisotopic (exact) mass is 489 g/mol. The van der Waals surface area contributed by atoms with Crippen molar-refractivity contribution in [3.8, 4) is 11.5 Å². The summed E-state index contributed by atoms with van der Waals surface area (Å²) in [6, 6.07) is 15.5. The van der Waals surface area contributed by atoms with Crippen molar-refractivity contribution in [3.63, 3.8) is 0 Å². The van der Waals surface area contributed by atoms with E-state index < -0.39 is 16.0 Å². The molecule has 0 saturated heterocycles. The van der Waals surface area contributed by atoms with Crippen LogP contribution in [0.3, 0.4) is 0 Å². The molecule has 3 aromatic rings. The van der Waals surface area contributed by atoms with Crippen LogP contribution in [0.1, 0.15) is 21.5 Å². The van der Waals surface area contributed by atoms with E-state index in [1.54, 1.807) is 24.3 Å². The summed E-state index contributed by atoms with van der Waals surface area (Å²) in [5.74, 6) is 0.382. The van der Waals surface area contributed by atoms with E-state index in [0.29, 0.717) is 28.7 Å². The van der Waals surface area contributed by atoms with Crippen molar-refractivity contribution in [3.05, 3.63) is 82.4 Å². The number of halogens is 1. The summed E-state index contributed by atoms with van der Waals surface area (Å²) >= 11 is 6.15. The van der Waals surface area contributed by atoms with E-state index in [4.69, 9.17) is 30.5 Å². The fourth-order valence-electron chi connectivity index (χ4n) is 3.29. The number of esters is 1. The van der Waals surface area contributed by atoms with Crippen LogP contribution < -0.4 is 14.2 Å². The highest BCUT2D eigenvalue weighted by Gasteiger charge is 2.21. The lowest BCUT2D eigenvalue weighted by Crippen LogP contribution is -2.17. The Bertz CT molecular complexity index is 1280. The van der Waals surface area contributed by atoms with Crippen LogP contribution in [-0.2, 0) is 32.7 Å². The van der Waals surface area contributed by atoms with Gasteiger partial charge in [-0.15, -0.1) is 0 Å². The topological polar surface area (TPSA) is 100 Å². The third kappa shape index (κ3) is 5.22. The second-order valence-corrected chi connectivity index (χ2v) is 9.19. The van der Waals surface area contributed by atoms with Crippen molar-refractivity contribution in [2.24, 2.45) is 0 Å². The number of carbonyl (C=O) groups excluding carboxylic acids is 1. The van der Waals surface area contributed by atoms with Gasteiger partial charge in [-0.3, -0.25) is 4.72 Å². The number of sulfonamides is 1. The Labute approximate surface area is 196 Å². The normalized spacial score (nSPS) is 12.9. The molecule has 0 bridgehead atoms. The molecule has 1 N–H and O–H groups in total. The van der Waals surface area contributed by atoms with Crippen LogP contribution in [-0.4, -0.2) is 28.3 Å². The van der Waals surface area contributed by atoms with Crippen molar-refractivity contribution < 1.29 is 32.2 Å². The van der Waals surface area contributed by atoms with Gasteiger partial charge in [0.2, 0.25) is 0 Å². The fraction of sp³-hybridized carbons (Fsp3) is 0.174. The third-order valence-electron chi connectivity index (χ3n) is 4.87. The molecular formula is C23H20ClNO7S. The zero-order chi connectivity index (χ0) is 23.4. The van der Waals surface area contributed by atoms with Gasteiger partial charge in [0, 0.05) is 16.1 Å². The van der Waals surface area contributed by atoms with Gasteiger partial charge in [-0.2, -0.15) is 0 Å². The SMILES string of the molecule is COc1ccc(S(=O)(=O)Nc2ccccc2C(=O)OCc2cc(Cl)cc3c2OCOC3)cc1. The zero-order valence-electron chi connectivity index (χ0n) is 17.5. The van der Waals surface area contributed by atoms with Gasteiger partial charge in [0.25, 0.3) is 10.0 Å². The van der Waals surface area contributed by atoms with E-state index in [-0.39, 0.29) is 29.5 Å². The molecule has 3 aromatic carbocycles. The molecular weight excluding hydrogens is 470 g/mol. The first kappa shape index (κ1) is 22.9. The van der Waals surface area contributed by atoms with Crippen LogP contribution in [0.5, 0.6) is 11.5 Å². The number of hydrogen-bond donors (Lipinski definition) is 1. The molecule has 0 aromatic heterocycles. The van der Waals surface area contributed by atoms with Crippen molar-refractivity contribution in [2.75, 3.05) is 18.6 Å². The fourth-order valence-corrected chi connectivity index (χ4v) is 4.64. The third-order valence-corrected chi connectivity index (χ3v) is 6.47. The van der Waals surface area contributed by atoms with E-state index in [1.165, 1.54) is 43.5 Å². The molecule has 0 unspecified atom stereocenters. The van der Waals surface area contributed by atoms with Gasteiger partial charge in [0.1, 0.15) is 18.1 Å². The Morgan fingerprint density at radius 3 is 2.64 bits per heavy atom. The molecule has 0 fully saturated rings. The minimum atomic E-state index is -3.94. The lowest BCUT2D eigenvalue weighted by Gasteiger charge is -2.21. The summed E-state index contributed by atoms with van der Waals surface area (Å²) in [4.78, 5) is 12.9. The number of para-hydroxylation sites is 1. The molecule has 1 heterocycles. The smallest absolute Gasteiger partial charge is 0.340 e. The first-order chi connectivity index (χ1) is 15.9. The number of anilines is 1. The van der Waals surface area contributed by atoms with Crippen LogP contribution >= 0.6 is 11.6 Å². The maximum Gasteiger partial charge on any atom is 0.340 e. The number of methoxy groups -OCH3 is 1. The molecule has 172 valence electrons. The summed E-state index contributed by atoms with van der Waals surface area (Å²) in [5.41, 5.74) is 1.50. The number of carbonyl (C=O) groups is 1. The lowest BCUT2D eigenvalue weighted by atomic mass is 10.1. The first-order valence-electron chi connectivity index (χ1n) is 9.82. The molecule has 1 aliphatic rings. The van der Waals surface area contributed by atoms with Gasteiger partial charge in [-0.1, -0.05) is 23.7 Å². The van der Waals surface area contributed by atoms with Gasteiger partial charge < -0.3 is 18.9 Å². The van der Waals surface area contributed by atoms with Crippen molar-refractivity contribution in [1.82, 2.24) is 0 Å². The number of benzene rings is 3. The molecule has 0 saturated carbocycles. The standard InChI is InChI=1S/C23H20ClNO7S/c1-29-18-6-8-19(9-7-18)33(27,28)25-21-5-3-2-4-20(21)23(26)31-13-16-11-17(24)10-15-12-30-14-32-22(15)16/h2-11,25H,12-14H2,1H3. The number of fused-ring (bicyclic) bond motifs is 1. The molecule has 0 atom stereocenters. The summed E-state index contributed by atoms with van der Waals surface area (Å²) in [5, 5.41) is 0.460. The number of ether oxygens (including phenoxy) is 4. The molecule has 33 heavy (non-hydrogen) atoms. The van der Waals surface area contributed by atoms with E-state index >= 15 is 0 Å². The molecule has 8 nitrogen and oxygen atoms in total. The Hall–Kier alpha value is -3.27. The highest BCUT2D eigenvalue weighted by atomic mass is 35.5. The van der Waals surface area contributed by atoms with Crippen LogP contribution in [0.25, 0.3) is 0 Å². The van der Waals surface area contributed by atoms with Gasteiger partial charge in [-0.05, 0) is 48.5 Å². The minimum absolute atomic E-state index is 0.0244. The number of hydrogen-bond acceptors (Lipinski definition) is 7. The van der Waals surface area contributed by atoms with Gasteiger partial charge in [0.05, 0.1) is 29.9 Å². The Kier molecular flexibility index (Phi) is 6.73. The highest BCUT2D eigenvalue weighted by molar-refractivity contribution is 7.92. The Morgan fingerprint density at radius 1 is 1.12 bits per heavy atom. The molecule has 0 aliphatic carbocycles. The summed E-state index contributed by atoms with van der Waals surface area (Å²) in [6.07, 6.45) is 0. The Morgan fingerprint density at radius 2 is 1.88 bits per heavy atom. The van der Waals surface area contributed by atoms with Crippen molar-refractivity contribution in [2.45, 2.75) is 18.1 Å². The molecule has 1 aliphatic heterocycles. The van der Waals surface area contributed by atoms with Crippen molar-refractivity contribution >= 4 is 33.3 Å². The highest BCUT2D eigenvalue weighted by Crippen LogP contribution is 2.32. The second-order valence-electron chi connectivity index (χ2n) is 7.07. The largest absolute Gasteiger partial charge is 0.497 e. The quantitative estimate of drug-likeness (QED) is 0.492. The van der Waals surface area contributed by atoms with Gasteiger partial charge in [-0.25, -0.2) is 13.2 Å². The van der Waals surface area contributed by atoms with E-state index in [9.17, 15) is 13.2 Å².